The molecule has 1 heterocycles. The maximum atomic E-state index is 12.8. The first kappa shape index (κ1) is 20.1. The van der Waals surface area contributed by atoms with E-state index in [0.29, 0.717) is 11.1 Å². The Bertz CT molecular complexity index is 1010. The minimum atomic E-state index is -1.08. The van der Waals surface area contributed by atoms with Gasteiger partial charge in [-0.3, -0.25) is 4.79 Å². The van der Waals surface area contributed by atoms with Gasteiger partial charge in [0.25, 0.3) is 5.91 Å². The number of aryl methyl sites for hydroxylation is 1. The summed E-state index contributed by atoms with van der Waals surface area (Å²) in [6.45, 7) is 1.89. The van der Waals surface area contributed by atoms with Gasteiger partial charge in [0.05, 0.1) is 36.6 Å². The largest absolute Gasteiger partial charge is 0.465 e. The number of nitrogens with one attached hydrogen (secondary N) is 1. The Labute approximate surface area is 166 Å². The van der Waals surface area contributed by atoms with Crippen LogP contribution in [-0.4, -0.2) is 44.1 Å². The topological polar surface area (TPSA) is 108 Å². The molecule has 1 aliphatic rings. The highest BCUT2D eigenvalue weighted by atomic mass is 16.5. The van der Waals surface area contributed by atoms with Crippen molar-refractivity contribution in [3.63, 3.8) is 0 Å². The number of benzene rings is 2. The van der Waals surface area contributed by atoms with E-state index in [1.807, 2.05) is 13.0 Å². The summed E-state index contributed by atoms with van der Waals surface area (Å²) in [4.78, 5) is 48.8. The molecular weight excluding hydrogens is 378 g/mol. The van der Waals surface area contributed by atoms with Gasteiger partial charge in [-0.05, 0) is 36.8 Å². The zero-order chi connectivity index (χ0) is 21.1. The molecule has 0 bridgehead atoms. The first-order valence-electron chi connectivity index (χ1n) is 8.76. The van der Waals surface area contributed by atoms with Crippen LogP contribution >= 0.6 is 0 Å². The zero-order valence-corrected chi connectivity index (χ0v) is 16.1. The van der Waals surface area contributed by atoms with E-state index in [2.05, 4.69) is 10.1 Å². The van der Waals surface area contributed by atoms with Gasteiger partial charge in [-0.2, -0.15) is 0 Å². The van der Waals surface area contributed by atoms with Crippen LogP contribution in [0.2, 0.25) is 0 Å². The molecular formula is C21H19NO7. The second kappa shape index (κ2) is 8.14. The molecule has 0 aliphatic carbocycles. The predicted octanol–water partition coefficient (Wildman–Crippen LogP) is 2.29. The van der Waals surface area contributed by atoms with E-state index in [1.54, 1.807) is 12.1 Å². The molecule has 1 unspecified atom stereocenters. The van der Waals surface area contributed by atoms with E-state index in [4.69, 9.17) is 9.47 Å². The van der Waals surface area contributed by atoms with Gasteiger partial charge in [0.2, 0.25) is 0 Å². The lowest BCUT2D eigenvalue weighted by Gasteiger charge is -2.24. The molecule has 0 aromatic heterocycles. The third-order valence-electron chi connectivity index (χ3n) is 4.53. The number of hydrogen-bond donors (Lipinski definition) is 1. The number of carbonyl (C=O) groups excluding carboxylic acids is 4. The first-order valence-corrected chi connectivity index (χ1v) is 8.76. The van der Waals surface area contributed by atoms with E-state index in [1.165, 1.54) is 32.4 Å². The van der Waals surface area contributed by atoms with Crippen LogP contribution in [0.1, 0.15) is 42.2 Å². The number of hydrogen-bond acceptors (Lipinski definition) is 7. The average molecular weight is 397 g/mol. The van der Waals surface area contributed by atoms with Crippen LogP contribution in [0.3, 0.4) is 0 Å². The van der Waals surface area contributed by atoms with Crippen molar-refractivity contribution in [2.45, 2.75) is 19.4 Å². The molecule has 0 saturated heterocycles. The standard InChI is InChI=1S/C21H19NO7/c1-11-4-6-14-13(8-11)10-17(29-21(14)26)18(23)22-16-9-12(19(24)27-2)5-7-15(16)20(25)28-3/h4-9,17H,10H2,1-3H3,(H,22,23). The number of anilines is 1. The third-order valence-corrected chi connectivity index (χ3v) is 4.53. The van der Waals surface area contributed by atoms with E-state index in [9.17, 15) is 19.2 Å². The van der Waals surface area contributed by atoms with Crippen LogP contribution in [-0.2, 0) is 25.4 Å². The maximum absolute atomic E-state index is 12.8. The quantitative estimate of drug-likeness (QED) is 0.623. The summed E-state index contributed by atoms with van der Waals surface area (Å²) in [6, 6.07) is 9.32. The van der Waals surface area contributed by atoms with Crippen LogP contribution in [0.4, 0.5) is 5.69 Å². The highest BCUT2D eigenvalue weighted by Gasteiger charge is 2.32. The Morgan fingerprint density at radius 2 is 1.76 bits per heavy atom. The Hall–Kier alpha value is -3.68. The summed E-state index contributed by atoms with van der Waals surface area (Å²) in [5, 5.41) is 2.56. The predicted molar refractivity (Wildman–Crippen MR) is 102 cm³/mol. The molecule has 1 aliphatic heterocycles. The summed E-state index contributed by atoms with van der Waals surface area (Å²) in [7, 11) is 2.42. The summed E-state index contributed by atoms with van der Waals surface area (Å²) in [5.74, 6) is -2.55. The summed E-state index contributed by atoms with van der Waals surface area (Å²) < 4.78 is 14.6. The zero-order valence-electron chi connectivity index (χ0n) is 16.1. The van der Waals surface area contributed by atoms with Crippen LogP contribution < -0.4 is 5.32 Å². The molecule has 0 radical (unpaired) electrons. The fourth-order valence-electron chi connectivity index (χ4n) is 3.06. The smallest absolute Gasteiger partial charge is 0.339 e. The lowest BCUT2D eigenvalue weighted by Crippen LogP contribution is -2.38. The molecule has 2 aromatic carbocycles. The van der Waals surface area contributed by atoms with Crippen molar-refractivity contribution in [3.8, 4) is 0 Å². The van der Waals surface area contributed by atoms with Crippen molar-refractivity contribution < 1.29 is 33.4 Å². The Kier molecular flexibility index (Phi) is 5.63. The molecule has 150 valence electrons. The van der Waals surface area contributed by atoms with Gasteiger partial charge in [0, 0.05) is 6.42 Å². The molecule has 3 rings (SSSR count). The maximum Gasteiger partial charge on any atom is 0.339 e. The number of amides is 1. The van der Waals surface area contributed by atoms with Gasteiger partial charge in [-0.25, -0.2) is 14.4 Å². The molecule has 8 nitrogen and oxygen atoms in total. The lowest BCUT2D eigenvalue weighted by molar-refractivity contribution is -0.125. The van der Waals surface area contributed by atoms with Crippen LogP contribution in [0.25, 0.3) is 0 Å². The minimum absolute atomic E-state index is 0.0480. The Morgan fingerprint density at radius 1 is 1.03 bits per heavy atom. The Morgan fingerprint density at radius 3 is 2.45 bits per heavy atom. The molecule has 0 saturated carbocycles. The second-order valence-electron chi connectivity index (χ2n) is 6.49. The van der Waals surface area contributed by atoms with Gasteiger partial charge in [-0.15, -0.1) is 0 Å². The van der Waals surface area contributed by atoms with Gasteiger partial charge in [-0.1, -0.05) is 17.7 Å². The van der Waals surface area contributed by atoms with Crippen molar-refractivity contribution >= 4 is 29.5 Å². The van der Waals surface area contributed by atoms with Crippen molar-refractivity contribution in [2.75, 3.05) is 19.5 Å². The number of esters is 3. The number of ether oxygens (including phenoxy) is 3. The first-order chi connectivity index (χ1) is 13.8. The fourth-order valence-corrected chi connectivity index (χ4v) is 3.06. The van der Waals surface area contributed by atoms with Gasteiger partial charge in [0.15, 0.2) is 6.10 Å². The highest BCUT2D eigenvalue weighted by Crippen LogP contribution is 2.25. The van der Waals surface area contributed by atoms with Crippen molar-refractivity contribution in [1.29, 1.82) is 0 Å². The number of rotatable bonds is 4. The monoisotopic (exact) mass is 397 g/mol. The highest BCUT2D eigenvalue weighted by molar-refractivity contribution is 6.05. The van der Waals surface area contributed by atoms with E-state index in [-0.39, 0.29) is 23.2 Å². The molecule has 0 fully saturated rings. The number of methoxy groups -OCH3 is 2. The van der Waals surface area contributed by atoms with E-state index in [0.717, 1.165) is 5.56 Å². The fraction of sp³-hybridized carbons (Fsp3) is 0.238. The number of cyclic esters (lactones) is 1. The molecule has 2 aromatic rings. The molecule has 1 N–H and O–H groups in total. The molecule has 8 heteroatoms. The minimum Gasteiger partial charge on any atom is -0.465 e. The second-order valence-corrected chi connectivity index (χ2v) is 6.49. The van der Waals surface area contributed by atoms with Crippen LogP contribution in [0, 0.1) is 6.92 Å². The summed E-state index contributed by atoms with van der Waals surface area (Å²) in [6.07, 6.45) is -0.886. The number of carbonyl (C=O) groups is 4. The summed E-state index contributed by atoms with van der Waals surface area (Å²) in [5.41, 5.74) is 2.32. The molecule has 1 amide bonds. The van der Waals surface area contributed by atoms with E-state index < -0.39 is 29.9 Å². The third kappa shape index (κ3) is 4.11. The van der Waals surface area contributed by atoms with Crippen LogP contribution in [0.15, 0.2) is 36.4 Å². The van der Waals surface area contributed by atoms with Crippen LogP contribution in [0.5, 0.6) is 0 Å². The lowest BCUT2D eigenvalue weighted by atomic mass is 9.96. The SMILES string of the molecule is COC(=O)c1ccc(C(=O)OC)c(NC(=O)C2Cc3cc(C)ccc3C(=O)O2)c1. The number of fused-ring (bicyclic) bond motifs is 1. The van der Waals surface area contributed by atoms with Gasteiger partial charge < -0.3 is 19.5 Å². The molecule has 29 heavy (non-hydrogen) atoms. The molecule has 0 spiro atoms. The summed E-state index contributed by atoms with van der Waals surface area (Å²) >= 11 is 0. The van der Waals surface area contributed by atoms with Crippen molar-refractivity contribution in [3.05, 3.63) is 64.2 Å². The van der Waals surface area contributed by atoms with Gasteiger partial charge >= 0.3 is 17.9 Å². The Balaban J connectivity index is 1.89. The average Bonchev–Trinajstić information content (AvgIpc) is 2.72. The molecule has 1 atom stereocenters. The van der Waals surface area contributed by atoms with Crippen molar-refractivity contribution in [1.82, 2.24) is 0 Å². The normalized spacial score (nSPS) is 15.0. The van der Waals surface area contributed by atoms with Gasteiger partial charge in [0.1, 0.15) is 0 Å². The van der Waals surface area contributed by atoms with Crippen molar-refractivity contribution in [2.24, 2.45) is 0 Å². The van der Waals surface area contributed by atoms with E-state index >= 15 is 0 Å².